The number of aryl methyl sites for hydroxylation is 1. The molecule has 1 aromatic rings. The van der Waals surface area contributed by atoms with Crippen molar-refractivity contribution in [3.8, 4) is 0 Å². The molecule has 3 N–H and O–H groups in total. The number of carbonyl (C=O) groups is 2. The lowest BCUT2D eigenvalue weighted by Gasteiger charge is -2.14. The van der Waals surface area contributed by atoms with Crippen LogP contribution < -0.4 is 10.6 Å². The number of rotatable bonds is 7. The Kier molecular flexibility index (Phi) is 6.02. The third kappa shape index (κ3) is 6.01. The molecular formula is C14H20N2O3. The van der Waals surface area contributed by atoms with Gasteiger partial charge in [-0.25, -0.2) is 4.79 Å². The van der Waals surface area contributed by atoms with Gasteiger partial charge in [-0.1, -0.05) is 29.8 Å². The molecule has 0 aromatic heterocycles. The second-order valence-electron chi connectivity index (χ2n) is 4.53. The van der Waals surface area contributed by atoms with E-state index >= 15 is 0 Å². The van der Waals surface area contributed by atoms with Gasteiger partial charge in [0.2, 0.25) is 5.91 Å². The van der Waals surface area contributed by atoms with Gasteiger partial charge in [0.1, 0.15) is 6.04 Å². The highest BCUT2D eigenvalue weighted by Gasteiger charge is 2.17. The van der Waals surface area contributed by atoms with E-state index in [4.69, 9.17) is 5.11 Å². The molecule has 1 aromatic carbocycles. The van der Waals surface area contributed by atoms with Crippen molar-refractivity contribution in [2.24, 2.45) is 0 Å². The van der Waals surface area contributed by atoms with Crippen LogP contribution in [0.15, 0.2) is 24.3 Å². The van der Waals surface area contributed by atoms with Crippen LogP contribution >= 0.6 is 0 Å². The number of carboxylic acid groups (broad SMARTS) is 1. The predicted molar refractivity (Wildman–Crippen MR) is 73.0 cm³/mol. The first-order valence-corrected chi connectivity index (χ1v) is 6.25. The highest BCUT2D eigenvalue weighted by molar-refractivity contribution is 5.82. The maximum atomic E-state index is 10.9. The van der Waals surface area contributed by atoms with E-state index in [0.29, 0.717) is 6.54 Å². The molecule has 0 fully saturated rings. The zero-order chi connectivity index (χ0) is 14.3. The van der Waals surface area contributed by atoms with Crippen molar-refractivity contribution in [3.63, 3.8) is 0 Å². The summed E-state index contributed by atoms with van der Waals surface area (Å²) in [6.07, 6.45) is 0.827. The molecule has 0 aliphatic heterocycles. The van der Waals surface area contributed by atoms with Crippen LogP contribution in [-0.2, 0) is 16.0 Å². The summed E-state index contributed by atoms with van der Waals surface area (Å²) in [6.45, 7) is 4.24. The summed E-state index contributed by atoms with van der Waals surface area (Å²) < 4.78 is 0. The van der Waals surface area contributed by atoms with Crippen LogP contribution in [0.2, 0.25) is 0 Å². The minimum Gasteiger partial charge on any atom is -0.480 e. The number of hydrogen-bond donors (Lipinski definition) is 3. The van der Waals surface area contributed by atoms with Gasteiger partial charge in [0.25, 0.3) is 0 Å². The van der Waals surface area contributed by atoms with E-state index in [2.05, 4.69) is 16.7 Å². The zero-order valence-electron chi connectivity index (χ0n) is 11.3. The monoisotopic (exact) mass is 264 g/mol. The van der Waals surface area contributed by atoms with E-state index < -0.39 is 12.0 Å². The van der Waals surface area contributed by atoms with Crippen molar-refractivity contribution >= 4 is 11.9 Å². The third-order valence-corrected chi connectivity index (χ3v) is 2.70. The second kappa shape index (κ2) is 7.53. The molecule has 0 radical (unpaired) electrons. The number of nitrogens with one attached hydrogen (secondary N) is 2. The zero-order valence-corrected chi connectivity index (χ0v) is 11.3. The molecule has 1 atom stereocenters. The molecule has 104 valence electrons. The van der Waals surface area contributed by atoms with Crippen molar-refractivity contribution in [3.05, 3.63) is 35.4 Å². The highest BCUT2D eigenvalue weighted by atomic mass is 16.4. The molecule has 1 amide bonds. The first kappa shape index (κ1) is 15.2. The van der Waals surface area contributed by atoms with Crippen LogP contribution in [0.5, 0.6) is 0 Å². The van der Waals surface area contributed by atoms with Gasteiger partial charge in [-0.05, 0) is 25.5 Å². The van der Waals surface area contributed by atoms with Gasteiger partial charge < -0.3 is 15.7 Å². The van der Waals surface area contributed by atoms with Crippen LogP contribution in [-0.4, -0.2) is 36.1 Å². The topological polar surface area (TPSA) is 78.4 Å². The lowest BCUT2D eigenvalue weighted by molar-refractivity contribution is -0.141. The van der Waals surface area contributed by atoms with Gasteiger partial charge in [0.05, 0.1) is 0 Å². The lowest BCUT2D eigenvalue weighted by atomic mass is 10.1. The molecule has 0 saturated carbocycles. The summed E-state index contributed by atoms with van der Waals surface area (Å²) >= 11 is 0. The van der Waals surface area contributed by atoms with Crippen molar-refractivity contribution in [1.29, 1.82) is 0 Å². The molecule has 0 heterocycles. The molecule has 5 heteroatoms. The van der Waals surface area contributed by atoms with Gasteiger partial charge in [-0.2, -0.15) is 0 Å². The third-order valence-electron chi connectivity index (χ3n) is 2.70. The minimum atomic E-state index is -1.03. The molecule has 0 aliphatic carbocycles. The molecule has 0 saturated heterocycles. The normalized spacial score (nSPS) is 11.9. The first-order chi connectivity index (χ1) is 8.99. The van der Waals surface area contributed by atoms with Crippen molar-refractivity contribution in [2.45, 2.75) is 26.3 Å². The fourth-order valence-corrected chi connectivity index (χ4v) is 1.79. The number of amides is 1. The largest absolute Gasteiger partial charge is 0.480 e. The van der Waals surface area contributed by atoms with E-state index in [1.165, 1.54) is 18.1 Å². The molecule has 1 unspecified atom stereocenters. The van der Waals surface area contributed by atoms with Gasteiger partial charge in [0.15, 0.2) is 0 Å². The highest BCUT2D eigenvalue weighted by Crippen LogP contribution is 2.03. The summed E-state index contributed by atoms with van der Waals surface area (Å²) in [4.78, 5) is 21.7. The summed E-state index contributed by atoms with van der Waals surface area (Å²) in [5.41, 5.74) is 2.41. The Morgan fingerprint density at radius 2 is 2.11 bits per heavy atom. The Morgan fingerprint density at radius 1 is 1.37 bits per heavy atom. The number of benzene rings is 1. The molecule has 0 aliphatic rings. The maximum Gasteiger partial charge on any atom is 0.327 e. The quantitative estimate of drug-likeness (QED) is 0.634. The van der Waals surface area contributed by atoms with Gasteiger partial charge in [0, 0.05) is 13.5 Å². The predicted octanol–water partition coefficient (Wildman–Crippen LogP) is 0.716. The van der Waals surface area contributed by atoms with E-state index in [1.807, 2.05) is 25.1 Å². The van der Waals surface area contributed by atoms with E-state index in [0.717, 1.165) is 6.42 Å². The van der Waals surface area contributed by atoms with Crippen molar-refractivity contribution in [2.75, 3.05) is 13.1 Å². The van der Waals surface area contributed by atoms with E-state index in [9.17, 15) is 9.59 Å². The van der Waals surface area contributed by atoms with Crippen LogP contribution in [0.1, 0.15) is 18.1 Å². The van der Waals surface area contributed by atoms with Crippen LogP contribution in [0.25, 0.3) is 0 Å². The van der Waals surface area contributed by atoms with Gasteiger partial charge in [-0.15, -0.1) is 0 Å². The number of aliphatic carboxylic acids is 1. The molecule has 5 nitrogen and oxygen atoms in total. The SMILES string of the molecule is CC(=O)NC(CNCCc1cccc(C)c1)C(=O)O. The molecular weight excluding hydrogens is 244 g/mol. The van der Waals surface area contributed by atoms with E-state index in [-0.39, 0.29) is 12.5 Å². The smallest absolute Gasteiger partial charge is 0.327 e. The molecule has 19 heavy (non-hydrogen) atoms. The van der Waals surface area contributed by atoms with Gasteiger partial charge in [-0.3, -0.25) is 4.79 Å². The fourth-order valence-electron chi connectivity index (χ4n) is 1.79. The van der Waals surface area contributed by atoms with E-state index in [1.54, 1.807) is 0 Å². The Bertz CT molecular complexity index is 446. The number of carboxylic acids is 1. The maximum absolute atomic E-state index is 10.9. The Hall–Kier alpha value is -1.88. The average molecular weight is 264 g/mol. The van der Waals surface area contributed by atoms with Gasteiger partial charge >= 0.3 is 5.97 Å². The summed E-state index contributed by atoms with van der Waals surface area (Å²) in [5.74, 6) is -1.37. The van der Waals surface area contributed by atoms with Crippen molar-refractivity contribution in [1.82, 2.24) is 10.6 Å². The molecule has 0 bridgehead atoms. The van der Waals surface area contributed by atoms with Crippen LogP contribution in [0.4, 0.5) is 0 Å². The lowest BCUT2D eigenvalue weighted by Crippen LogP contribution is -2.46. The van der Waals surface area contributed by atoms with Crippen LogP contribution in [0.3, 0.4) is 0 Å². The number of hydrogen-bond acceptors (Lipinski definition) is 3. The van der Waals surface area contributed by atoms with Crippen molar-refractivity contribution < 1.29 is 14.7 Å². The van der Waals surface area contributed by atoms with Crippen LogP contribution in [0, 0.1) is 6.92 Å². The summed E-state index contributed by atoms with van der Waals surface area (Å²) in [5, 5.41) is 14.4. The summed E-state index contributed by atoms with van der Waals surface area (Å²) in [7, 11) is 0. The standard InChI is InChI=1S/C14H20N2O3/c1-10-4-3-5-12(8-10)6-7-15-9-13(14(18)19)16-11(2)17/h3-5,8,13,15H,6-7,9H2,1-2H3,(H,16,17)(H,18,19). The minimum absolute atomic E-state index is 0.223. The molecule has 0 spiro atoms. The summed E-state index contributed by atoms with van der Waals surface area (Å²) in [6, 6.07) is 7.30. The first-order valence-electron chi connectivity index (χ1n) is 6.25. The fraction of sp³-hybridized carbons (Fsp3) is 0.429. The molecule has 1 rings (SSSR count). The second-order valence-corrected chi connectivity index (χ2v) is 4.53. The number of carbonyl (C=O) groups excluding carboxylic acids is 1. The average Bonchev–Trinajstić information content (AvgIpc) is 2.32. The Balaban J connectivity index is 2.32. The Labute approximate surface area is 113 Å². The Morgan fingerprint density at radius 3 is 2.68 bits per heavy atom.